The topological polar surface area (TPSA) is 41.7 Å². The highest BCUT2D eigenvalue weighted by atomic mass is 15.2. The van der Waals surface area contributed by atoms with Crippen LogP contribution in [0, 0.1) is 0 Å². The van der Waals surface area contributed by atoms with E-state index in [1.165, 1.54) is 60.9 Å². The Bertz CT molecular complexity index is 3200. The Balaban J connectivity index is 1.14. The summed E-state index contributed by atoms with van der Waals surface area (Å²) in [5.74, 6) is 1.51. The van der Waals surface area contributed by atoms with Crippen LogP contribution in [0.25, 0.3) is 60.2 Å². The molecule has 4 heteroatoms. The molecule has 4 nitrogen and oxygen atoms in total. The van der Waals surface area contributed by atoms with Crippen LogP contribution in [0.15, 0.2) is 180 Å². The van der Waals surface area contributed by atoms with Crippen molar-refractivity contribution in [1.82, 2.24) is 9.88 Å². The minimum atomic E-state index is -0.363. The summed E-state index contributed by atoms with van der Waals surface area (Å²) in [6.45, 7) is 9.68. The summed E-state index contributed by atoms with van der Waals surface area (Å²) in [7, 11) is 0. The van der Waals surface area contributed by atoms with Gasteiger partial charge in [0, 0.05) is 38.5 Å². The Morgan fingerprint density at radius 1 is 0.525 bits per heavy atom. The zero-order chi connectivity index (χ0) is 39.9. The molecule has 2 heterocycles. The highest BCUT2D eigenvalue weighted by molar-refractivity contribution is 6.19. The minimum absolute atomic E-state index is 0.0764. The Kier molecular flexibility index (Phi) is 8.03. The number of aliphatic imine (C=N–C) groups is 2. The third-order valence-electron chi connectivity index (χ3n) is 13.1. The Morgan fingerprint density at radius 3 is 2.03 bits per heavy atom. The molecule has 1 atom stereocenters. The Morgan fingerprint density at radius 2 is 1.20 bits per heavy atom. The van der Waals surface area contributed by atoms with Gasteiger partial charge >= 0.3 is 0 Å². The van der Waals surface area contributed by atoms with Crippen LogP contribution >= 0.6 is 0 Å². The van der Waals surface area contributed by atoms with E-state index in [9.17, 15) is 0 Å². The Hall–Kier alpha value is -6.78. The fraction of sp³-hybridized carbons (Fsp3) is 0.164. The molecule has 9 aromatic rings. The van der Waals surface area contributed by atoms with Gasteiger partial charge in [-0.05, 0) is 92.4 Å². The standard InChI is InChI=1S/C55H46N4/c1-54(2)29-30-55(3,4)48-34-49-46(33-47(48)54)44-28-27-37-18-10-11-23-43(37)50(44)59(49)41-21-14-20-39(32-41)51-56-52(40-26-25-35-15-8-9-19-38(35)31-40)58-53(57-51)45-24-13-12-22-42(45)36-16-6-5-7-17-36/h5-28,31-34,53H,29-30H2,1-4H3,(H,56,57,58). The predicted molar refractivity (Wildman–Crippen MR) is 248 cm³/mol. The molecule has 0 fully saturated rings. The van der Waals surface area contributed by atoms with Crippen molar-refractivity contribution in [2.24, 2.45) is 9.98 Å². The predicted octanol–water partition coefficient (Wildman–Crippen LogP) is 13.6. The molecule has 0 radical (unpaired) electrons. The number of fused-ring (bicyclic) bond motifs is 7. The highest BCUT2D eigenvalue weighted by Gasteiger charge is 2.38. The molecule has 8 aromatic carbocycles. The van der Waals surface area contributed by atoms with Crippen molar-refractivity contribution in [2.75, 3.05) is 0 Å². The lowest BCUT2D eigenvalue weighted by Gasteiger charge is -2.42. The molecule has 286 valence electrons. The normalized spacial score (nSPS) is 17.1. The molecule has 0 amide bonds. The fourth-order valence-electron chi connectivity index (χ4n) is 9.73. The molecule has 0 bridgehead atoms. The summed E-state index contributed by atoms with van der Waals surface area (Å²) in [6, 6.07) is 61.6. The summed E-state index contributed by atoms with van der Waals surface area (Å²) in [5, 5.41) is 11.2. The lowest BCUT2D eigenvalue weighted by molar-refractivity contribution is 0.332. The number of nitrogens with zero attached hydrogens (tertiary/aromatic N) is 3. The van der Waals surface area contributed by atoms with Gasteiger partial charge in [0.15, 0.2) is 5.84 Å². The lowest BCUT2D eigenvalue weighted by Crippen LogP contribution is -2.34. The van der Waals surface area contributed by atoms with E-state index in [1.807, 2.05) is 0 Å². The van der Waals surface area contributed by atoms with E-state index in [2.05, 4.69) is 207 Å². The first-order valence-corrected chi connectivity index (χ1v) is 20.9. The number of aromatic nitrogens is 1. The molecule has 1 aromatic heterocycles. The first kappa shape index (κ1) is 35.4. The zero-order valence-corrected chi connectivity index (χ0v) is 34.0. The second-order valence-corrected chi connectivity index (χ2v) is 17.7. The minimum Gasteiger partial charge on any atom is -0.344 e. The highest BCUT2D eigenvalue weighted by Crippen LogP contribution is 2.49. The van der Waals surface area contributed by atoms with Crippen molar-refractivity contribution >= 4 is 55.0 Å². The van der Waals surface area contributed by atoms with Crippen LogP contribution in [0.1, 0.15) is 74.5 Å². The van der Waals surface area contributed by atoms with Gasteiger partial charge in [-0.1, -0.05) is 167 Å². The molecule has 11 rings (SSSR count). The van der Waals surface area contributed by atoms with Gasteiger partial charge in [-0.2, -0.15) is 0 Å². The summed E-state index contributed by atoms with van der Waals surface area (Å²) in [4.78, 5) is 10.8. The second-order valence-electron chi connectivity index (χ2n) is 17.7. The summed E-state index contributed by atoms with van der Waals surface area (Å²) < 4.78 is 2.51. The van der Waals surface area contributed by atoms with Crippen molar-refractivity contribution in [3.63, 3.8) is 0 Å². The van der Waals surface area contributed by atoms with Crippen LogP contribution in [0.3, 0.4) is 0 Å². The van der Waals surface area contributed by atoms with Crippen molar-refractivity contribution in [1.29, 1.82) is 0 Å². The first-order chi connectivity index (χ1) is 28.7. The summed E-state index contributed by atoms with van der Waals surface area (Å²) in [6.07, 6.45) is 1.98. The molecule has 1 N–H and O–H groups in total. The number of hydrogen-bond acceptors (Lipinski definition) is 3. The van der Waals surface area contributed by atoms with Crippen LogP contribution in [0.2, 0.25) is 0 Å². The Labute approximate surface area is 345 Å². The van der Waals surface area contributed by atoms with Crippen LogP contribution < -0.4 is 5.32 Å². The maximum atomic E-state index is 5.44. The molecule has 0 spiro atoms. The van der Waals surface area contributed by atoms with Gasteiger partial charge < -0.3 is 9.88 Å². The molecule has 2 aliphatic rings. The number of rotatable bonds is 5. The van der Waals surface area contributed by atoms with Crippen LogP contribution in [-0.2, 0) is 10.8 Å². The van der Waals surface area contributed by atoms with Gasteiger partial charge in [-0.25, -0.2) is 9.98 Å². The van der Waals surface area contributed by atoms with E-state index in [0.29, 0.717) is 5.84 Å². The number of hydrogen-bond donors (Lipinski definition) is 1. The third kappa shape index (κ3) is 5.88. The van der Waals surface area contributed by atoms with Crippen LogP contribution in [-0.4, -0.2) is 16.2 Å². The van der Waals surface area contributed by atoms with Gasteiger partial charge in [-0.3, -0.25) is 0 Å². The number of amidine groups is 2. The van der Waals surface area contributed by atoms with Crippen LogP contribution in [0.5, 0.6) is 0 Å². The van der Waals surface area contributed by atoms with Gasteiger partial charge in [0.05, 0.1) is 11.0 Å². The monoisotopic (exact) mass is 762 g/mol. The van der Waals surface area contributed by atoms with E-state index in [4.69, 9.17) is 9.98 Å². The van der Waals surface area contributed by atoms with Crippen molar-refractivity contribution in [3.05, 3.63) is 198 Å². The first-order valence-electron chi connectivity index (χ1n) is 20.9. The molecule has 0 saturated heterocycles. The lowest BCUT2D eigenvalue weighted by atomic mass is 9.63. The molecule has 59 heavy (non-hydrogen) atoms. The average molecular weight is 763 g/mol. The van der Waals surface area contributed by atoms with Gasteiger partial charge in [0.1, 0.15) is 12.0 Å². The molecule has 1 unspecified atom stereocenters. The van der Waals surface area contributed by atoms with E-state index in [-0.39, 0.29) is 17.0 Å². The molecule has 1 aliphatic heterocycles. The second kappa shape index (κ2) is 13.4. The van der Waals surface area contributed by atoms with Gasteiger partial charge in [0.25, 0.3) is 0 Å². The van der Waals surface area contributed by atoms with Gasteiger partial charge in [0.2, 0.25) is 0 Å². The maximum Gasteiger partial charge on any atom is 0.159 e. The average Bonchev–Trinajstić information content (AvgIpc) is 3.62. The molecule has 1 aliphatic carbocycles. The van der Waals surface area contributed by atoms with E-state index < -0.39 is 0 Å². The number of nitrogens with one attached hydrogen (secondary N) is 1. The molecular weight excluding hydrogens is 717 g/mol. The van der Waals surface area contributed by atoms with Crippen LogP contribution in [0.4, 0.5) is 0 Å². The largest absolute Gasteiger partial charge is 0.344 e. The maximum absolute atomic E-state index is 5.44. The van der Waals surface area contributed by atoms with Crippen molar-refractivity contribution < 1.29 is 0 Å². The van der Waals surface area contributed by atoms with Gasteiger partial charge in [-0.15, -0.1) is 0 Å². The smallest absolute Gasteiger partial charge is 0.159 e. The molecular formula is C55H46N4. The quantitative estimate of drug-likeness (QED) is 0.186. The van der Waals surface area contributed by atoms with E-state index in [1.54, 1.807) is 0 Å². The zero-order valence-electron chi connectivity index (χ0n) is 34.0. The van der Waals surface area contributed by atoms with E-state index >= 15 is 0 Å². The van der Waals surface area contributed by atoms with E-state index in [0.717, 1.165) is 45.8 Å². The van der Waals surface area contributed by atoms with Crippen molar-refractivity contribution in [2.45, 2.75) is 57.5 Å². The SMILES string of the molecule is CC1(C)CCC(C)(C)c2cc3c(cc21)c1ccc2ccccc2c1n3-c1cccc(C2=NC(c3ccccc3-c3ccccc3)NC(c3ccc4ccccc4c3)=N2)c1. The third-order valence-corrected chi connectivity index (χ3v) is 13.1. The summed E-state index contributed by atoms with van der Waals surface area (Å²) in [5.41, 5.74) is 12.1. The number of benzene rings is 8. The molecule has 0 saturated carbocycles. The fourth-order valence-corrected chi connectivity index (χ4v) is 9.73. The summed E-state index contributed by atoms with van der Waals surface area (Å²) >= 11 is 0. The van der Waals surface area contributed by atoms with Crippen molar-refractivity contribution in [3.8, 4) is 16.8 Å².